The van der Waals surface area contributed by atoms with E-state index in [0.717, 1.165) is 36.2 Å². The van der Waals surface area contributed by atoms with Gasteiger partial charge in [-0.05, 0) is 32.4 Å². The Labute approximate surface area is 135 Å². The van der Waals surface area contributed by atoms with Crippen molar-refractivity contribution in [2.24, 2.45) is 4.99 Å². The summed E-state index contributed by atoms with van der Waals surface area (Å²) in [5, 5.41) is 7.76. The number of rotatable bonds is 6. The SMILES string of the molecule is CCNC(=NCc1ncccc1C)NCCc1ncc(C)s1. The smallest absolute Gasteiger partial charge is 0.191 e. The van der Waals surface area contributed by atoms with Crippen molar-refractivity contribution in [1.29, 1.82) is 0 Å². The molecule has 0 bridgehead atoms. The molecule has 0 fully saturated rings. The minimum absolute atomic E-state index is 0.582. The Bertz CT molecular complexity index is 621. The number of thiazole rings is 1. The molecule has 0 radical (unpaired) electrons. The lowest BCUT2D eigenvalue weighted by Gasteiger charge is -2.11. The van der Waals surface area contributed by atoms with Crippen molar-refractivity contribution in [3.8, 4) is 0 Å². The van der Waals surface area contributed by atoms with Gasteiger partial charge in [-0.25, -0.2) is 9.98 Å². The van der Waals surface area contributed by atoms with E-state index in [0.29, 0.717) is 6.54 Å². The molecule has 0 saturated heterocycles. The summed E-state index contributed by atoms with van der Waals surface area (Å²) in [4.78, 5) is 14.6. The Morgan fingerprint density at radius 1 is 1.27 bits per heavy atom. The number of pyridine rings is 1. The average molecular weight is 317 g/mol. The van der Waals surface area contributed by atoms with Crippen LogP contribution in [0.4, 0.5) is 0 Å². The van der Waals surface area contributed by atoms with Gasteiger partial charge in [0.2, 0.25) is 0 Å². The zero-order valence-electron chi connectivity index (χ0n) is 13.4. The van der Waals surface area contributed by atoms with Crippen molar-refractivity contribution in [2.45, 2.75) is 33.7 Å². The summed E-state index contributed by atoms with van der Waals surface area (Å²) >= 11 is 1.74. The highest BCUT2D eigenvalue weighted by Crippen LogP contribution is 2.10. The van der Waals surface area contributed by atoms with Gasteiger partial charge in [-0.2, -0.15) is 0 Å². The van der Waals surface area contributed by atoms with E-state index in [1.807, 2.05) is 18.5 Å². The molecule has 0 aliphatic rings. The van der Waals surface area contributed by atoms with Gasteiger partial charge in [0.15, 0.2) is 5.96 Å². The maximum Gasteiger partial charge on any atom is 0.191 e. The maximum absolute atomic E-state index is 4.60. The first-order valence-electron chi connectivity index (χ1n) is 7.53. The van der Waals surface area contributed by atoms with Crippen LogP contribution in [0.3, 0.4) is 0 Å². The highest BCUT2D eigenvalue weighted by atomic mass is 32.1. The molecule has 2 aromatic heterocycles. The third kappa shape index (κ3) is 5.11. The van der Waals surface area contributed by atoms with E-state index in [1.165, 1.54) is 10.4 Å². The van der Waals surface area contributed by atoms with Crippen LogP contribution in [0.1, 0.15) is 28.1 Å². The normalized spacial score (nSPS) is 11.5. The van der Waals surface area contributed by atoms with Gasteiger partial charge in [0.05, 0.1) is 17.2 Å². The van der Waals surface area contributed by atoms with Crippen LogP contribution >= 0.6 is 11.3 Å². The highest BCUT2D eigenvalue weighted by Gasteiger charge is 2.02. The Morgan fingerprint density at radius 3 is 2.82 bits per heavy atom. The second-order valence-corrected chi connectivity index (χ2v) is 6.32. The van der Waals surface area contributed by atoms with E-state index >= 15 is 0 Å². The molecule has 0 saturated carbocycles. The van der Waals surface area contributed by atoms with Crippen molar-refractivity contribution in [3.05, 3.63) is 45.7 Å². The Hall–Kier alpha value is -1.95. The van der Waals surface area contributed by atoms with E-state index in [1.54, 1.807) is 11.3 Å². The molecule has 118 valence electrons. The number of aliphatic imine (C=N–C) groups is 1. The number of nitrogens with one attached hydrogen (secondary N) is 2. The van der Waals surface area contributed by atoms with Crippen LogP contribution < -0.4 is 10.6 Å². The summed E-state index contributed by atoms with van der Waals surface area (Å²) in [6.07, 6.45) is 4.64. The summed E-state index contributed by atoms with van der Waals surface area (Å²) < 4.78 is 0. The first-order valence-corrected chi connectivity index (χ1v) is 8.34. The molecule has 2 aromatic rings. The van der Waals surface area contributed by atoms with Crippen molar-refractivity contribution in [1.82, 2.24) is 20.6 Å². The van der Waals surface area contributed by atoms with Gasteiger partial charge in [0.25, 0.3) is 0 Å². The number of aryl methyl sites for hydroxylation is 2. The summed E-state index contributed by atoms with van der Waals surface area (Å²) in [5.41, 5.74) is 2.18. The fourth-order valence-corrected chi connectivity index (χ4v) is 2.77. The topological polar surface area (TPSA) is 62.2 Å². The molecule has 0 aromatic carbocycles. The Morgan fingerprint density at radius 2 is 2.14 bits per heavy atom. The lowest BCUT2D eigenvalue weighted by Crippen LogP contribution is -2.38. The molecule has 0 atom stereocenters. The molecule has 2 rings (SSSR count). The number of nitrogens with zero attached hydrogens (tertiary/aromatic N) is 3. The standard InChI is InChI=1S/C16H23N5S/c1-4-17-16(19-9-7-15-20-10-13(3)22-15)21-11-14-12(2)6-5-8-18-14/h5-6,8,10H,4,7,9,11H2,1-3H3,(H2,17,19,21). The quantitative estimate of drug-likeness (QED) is 0.634. The molecule has 2 heterocycles. The van der Waals surface area contributed by atoms with Crippen LogP contribution in [0.25, 0.3) is 0 Å². The molecular formula is C16H23N5S. The third-order valence-corrected chi connectivity index (χ3v) is 4.12. The third-order valence-electron chi connectivity index (χ3n) is 3.15. The average Bonchev–Trinajstić information content (AvgIpc) is 2.92. The van der Waals surface area contributed by atoms with Gasteiger partial charge in [0, 0.05) is 36.8 Å². The molecule has 0 unspecified atom stereocenters. The van der Waals surface area contributed by atoms with Crippen molar-refractivity contribution >= 4 is 17.3 Å². The summed E-state index contributed by atoms with van der Waals surface area (Å²) in [6.45, 7) is 8.44. The summed E-state index contributed by atoms with van der Waals surface area (Å²) in [7, 11) is 0. The number of hydrogen-bond donors (Lipinski definition) is 2. The van der Waals surface area contributed by atoms with Gasteiger partial charge in [-0.1, -0.05) is 6.07 Å². The molecule has 2 N–H and O–H groups in total. The minimum atomic E-state index is 0.582. The number of guanidine groups is 1. The van der Waals surface area contributed by atoms with E-state index < -0.39 is 0 Å². The monoisotopic (exact) mass is 317 g/mol. The molecule has 0 aliphatic heterocycles. The van der Waals surface area contributed by atoms with Gasteiger partial charge in [-0.15, -0.1) is 11.3 Å². The fraction of sp³-hybridized carbons (Fsp3) is 0.438. The van der Waals surface area contributed by atoms with Gasteiger partial charge < -0.3 is 10.6 Å². The lowest BCUT2D eigenvalue weighted by atomic mass is 10.2. The van der Waals surface area contributed by atoms with E-state index in [4.69, 9.17) is 0 Å². The number of hydrogen-bond acceptors (Lipinski definition) is 4. The Kier molecular flexibility index (Phi) is 6.33. The first kappa shape index (κ1) is 16.4. The summed E-state index contributed by atoms with van der Waals surface area (Å²) in [5.74, 6) is 0.820. The van der Waals surface area contributed by atoms with E-state index in [9.17, 15) is 0 Å². The molecule has 0 aliphatic carbocycles. The zero-order chi connectivity index (χ0) is 15.8. The minimum Gasteiger partial charge on any atom is -0.357 e. The van der Waals surface area contributed by atoms with Crippen LogP contribution in [0.2, 0.25) is 0 Å². The van der Waals surface area contributed by atoms with Crippen LogP contribution in [0.5, 0.6) is 0 Å². The van der Waals surface area contributed by atoms with Crippen LogP contribution in [0, 0.1) is 13.8 Å². The second-order valence-electron chi connectivity index (χ2n) is 5.00. The van der Waals surface area contributed by atoms with Crippen molar-refractivity contribution in [2.75, 3.05) is 13.1 Å². The van der Waals surface area contributed by atoms with Crippen molar-refractivity contribution in [3.63, 3.8) is 0 Å². The molecular weight excluding hydrogens is 294 g/mol. The molecule has 6 heteroatoms. The van der Waals surface area contributed by atoms with Crippen LogP contribution in [-0.2, 0) is 13.0 Å². The van der Waals surface area contributed by atoms with E-state index in [2.05, 4.69) is 52.4 Å². The number of aromatic nitrogens is 2. The van der Waals surface area contributed by atoms with E-state index in [-0.39, 0.29) is 0 Å². The van der Waals surface area contributed by atoms with Crippen molar-refractivity contribution < 1.29 is 0 Å². The predicted molar refractivity (Wildman–Crippen MR) is 92.3 cm³/mol. The predicted octanol–water partition coefficient (Wildman–Crippen LogP) is 2.45. The summed E-state index contributed by atoms with van der Waals surface area (Å²) in [6, 6.07) is 4.00. The first-order chi connectivity index (χ1) is 10.7. The molecule has 0 amide bonds. The van der Waals surface area contributed by atoms with Crippen LogP contribution in [-0.4, -0.2) is 29.0 Å². The molecule has 0 spiro atoms. The van der Waals surface area contributed by atoms with Gasteiger partial charge >= 0.3 is 0 Å². The molecule has 22 heavy (non-hydrogen) atoms. The van der Waals surface area contributed by atoms with Crippen LogP contribution in [0.15, 0.2) is 29.5 Å². The van der Waals surface area contributed by atoms with Gasteiger partial charge in [-0.3, -0.25) is 4.98 Å². The largest absolute Gasteiger partial charge is 0.357 e. The fourth-order valence-electron chi connectivity index (χ4n) is 1.98. The maximum atomic E-state index is 4.60. The molecule has 5 nitrogen and oxygen atoms in total. The Balaban J connectivity index is 1.88. The highest BCUT2D eigenvalue weighted by molar-refractivity contribution is 7.11. The zero-order valence-corrected chi connectivity index (χ0v) is 14.2. The lowest BCUT2D eigenvalue weighted by molar-refractivity contribution is 0.793. The van der Waals surface area contributed by atoms with Gasteiger partial charge in [0.1, 0.15) is 0 Å². The second kappa shape index (κ2) is 8.48.